The summed E-state index contributed by atoms with van der Waals surface area (Å²) >= 11 is 0. The Labute approximate surface area is 86.0 Å². The predicted octanol–water partition coefficient (Wildman–Crippen LogP) is -1.60. The van der Waals surface area contributed by atoms with Gasteiger partial charge < -0.3 is 22.3 Å². The van der Waals surface area contributed by atoms with Gasteiger partial charge in [-0.2, -0.15) is 0 Å². The standard InChI is InChI=1S/C6H14N4O2.H2O3/c7-4(5(11)12)2-1-3-10-6(8)9;1-3-2/h4H,1-3,7H2,(H,11,12)(H4,8,9,10);1-2H/t4-;/m0./s1. The van der Waals surface area contributed by atoms with Gasteiger partial charge in [0.25, 0.3) is 0 Å². The van der Waals surface area contributed by atoms with Crippen LogP contribution in [0.4, 0.5) is 0 Å². The summed E-state index contributed by atoms with van der Waals surface area (Å²) in [6.07, 6.45) is 0.956. The van der Waals surface area contributed by atoms with Crippen LogP contribution in [0.2, 0.25) is 0 Å². The molecule has 0 spiro atoms. The molecule has 15 heavy (non-hydrogen) atoms. The number of carboxylic acid groups (broad SMARTS) is 1. The van der Waals surface area contributed by atoms with Gasteiger partial charge in [-0.3, -0.25) is 9.79 Å². The Morgan fingerprint density at radius 3 is 2.20 bits per heavy atom. The molecule has 0 amide bonds. The van der Waals surface area contributed by atoms with Crippen LogP contribution in [0.15, 0.2) is 4.99 Å². The zero-order chi connectivity index (χ0) is 12.3. The van der Waals surface area contributed by atoms with Crippen molar-refractivity contribution in [1.82, 2.24) is 0 Å². The predicted molar refractivity (Wildman–Crippen MR) is 51.9 cm³/mol. The summed E-state index contributed by atoms with van der Waals surface area (Å²) in [6.45, 7) is 0.420. The number of hydrogen-bond acceptors (Lipinski definition) is 6. The molecule has 0 radical (unpaired) electrons. The Morgan fingerprint density at radius 2 is 1.87 bits per heavy atom. The van der Waals surface area contributed by atoms with Crippen molar-refractivity contribution in [3.63, 3.8) is 0 Å². The monoisotopic (exact) mass is 224 g/mol. The van der Waals surface area contributed by atoms with Crippen LogP contribution in [0.5, 0.6) is 0 Å². The second kappa shape index (κ2) is 10.7. The van der Waals surface area contributed by atoms with Gasteiger partial charge in [-0.05, 0) is 12.8 Å². The maximum absolute atomic E-state index is 10.2. The van der Waals surface area contributed by atoms with E-state index >= 15 is 0 Å². The van der Waals surface area contributed by atoms with Gasteiger partial charge >= 0.3 is 5.97 Å². The molecule has 0 bridgehead atoms. The van der Waals surface area contributed by atoms with Gasteiger partial charge in [0.1, 0.15) is 6.04 Å². The largest absolute Gasteiger partial charge is 0.480 e. The number of rotatable bonds is 5. The maximum atomic E-state index is 10.2. The van der Waals surface area contributed by atoms with E-state index in [-0.39, 0.29) is 5.96 Å². The van der Waals surface area contributed by atoms with Crippen LogP contribution in [0.1, 0.15) is 12.8 Å². The van der Waals surface area contributed by atoms with Crippen LogP contribution in [0.25, 0.3) is 0 Å². The minimum atomic E-state index is -1.00. The van der Waals surface area contributed by atoms with E-state index in [1.54, 1.807) is 0 Å². The third-order valence-electron chi connectivity index (χ3n) is 1.28. The Kier molecular flexibility index (Phi) is 11.4. The Hall–Kier alpha value is -1.42. The second-order valence-corrected chi connectivity index (χ2v) is 2.48. The lowest BCUT2D eigenvalue weighted by molar-refractivity contribution is -0.465. The topological polar surface area (TPSA) is 177 Å². The van der Waals surface area contributed by atoms with Crippen LogP contribution in [-0.2, 0) is 9.83 Å². The summed E-state index contributed by atoms with van der Waals surface area (Å²) in [7, 11) is 0. The summed E-state index contributed by atoms with van der Waals surface area (Å²) in [6, 6.07) is -0.820. The first kappa shape index (κ1) is 16.0. The third-order valence-corrected chi connectivity index (χ3v) is 1.28. The SMILES string of the molecule is NC(N)=NCCC[C@H](N)C(=O)O.OOO. The number of nitrogens with two attached hydrogens (primary N) is 3. The van der Waals surface area contributed by atoms with Crippen molar-refractivity contribution < 1.29 is 25.5 Å². The lowest BCUT2D eigenvalue weighted by Crippen LogP contribution is -2.30. The normalized spacial score (nSPS) is 10.9. The van der Waals surface area contributed by atoms with E-state index in [9.17, 15) is 4.79 Å². The summed E-state index contributed by atoms with van der Waals surface area (Å²) < 4.78 is 0. The number of aliphatic carboxylic acids is 1. The minimum Gasteiger partial charge on any atom is -0.480 e. The first-order valence-corrected chi connectivity index (χ1v) is 3.94. The Balaban J connectivity index is 0. The van der Waals surface area contributed by atoms with Gasteiger partial charge in [-0.25, -0.2) is 10.5 Å². The van der Waals surface area contributed by atoms with Crippen molar-refractivity contribution in [2.45, 2.75) is 18.9 Å². The molecule has 1 atom stereocenters. The summed E-state index contributed by atoms with van der Waals surface area (Å²) in [4.78, 5) is 13.9. The molecular formula is C6H16N4O5. The molecule has 0 aliphatic carbocycles. The Morgan fingerprint density at radius 1 is 1.40 bits per heavy atom. The van der Waals surface area contributed by atoms with Gasteiger partial charge in [-0.1, -0.05) is 5.04 Å². The van der Waals surface area contributed by atoms with Crippen molar-refractivity contribution in [2.24, 2.45) is 22.2 Å². The highest BCUT2D eigenvalue weighted by molar-refractivity contribution is 5.75. The molecule has 0 aliphatic rings. The maximum Gasteiger partial charge on any atom is 0.320 e. The zero-order valence-electron chi connectivity index (χ0n) is 8.04. The fraction of sp³-hybridized carbons (Fsp3) is 0.667. The van der Waals surface area contributed by atoms with E-state index in [4.69, 9.17) is 32.8 Å². The third kappa shape index (κ3) is 15.3. The number of guanidine groups is 1. The molecule has 9 N–H and O–H groups in total. The quantitative estimate of drug-likeness (QED) is 0.106. The van der Waals surface area contributed by atoms with Crippen molar-refractivity contribution in [1.29, 1.82) is 0 Å². The lowest BCUT2D eigenvalue weighted by Gasteiger charge is -2.03. The molecule has 9 nitrogen and oxygen atoms in total. The molecule has 0 aromatic heterocycles. The number of hydrogen-bond donors (Lipinski definition) is 6. The molecule has 0 aromatic rings. The highest BCUT2D eigenvalue weighted by atomic mass is 17.4. The van der Waals surface area contributed by atoms with Gasteiger partial charge in [-0.15, -0.1) is 0 Å². The smallest absolute Gasteiger partial charge is 0.320 e. The highest BCUT2D eigenvalue weighted by Gasteiger charge is 2.09. The molecule has 0 rings (SSSR count). The number of carbonyl (C=O) groups is 1. The molecule has 0 heterocycles. The first-order valence-electron chi connectivity index (χ1n) is 3.94. The van der Waals surface area contributed by atoms with Crippen LogP contribution in [0, 0.1) is 0 Å². The van der Waals surface area contributed by atoms with E-state index in [2.05, 4.69) is 10.0 Å². The molecule has 0 aromatic carbocycles. The van der Waals surface area contributed by atoms with E-state index in [1.807, 2.05) is 0 Å². The van der Waals surface area contributed by atoms with Gasteiger partial charge in [0.05, 0.1) is 0 Å². The fourth-order valence-electron chi connectivity index (χ4n) is 0.643. The Bertz CT molecular complexity index is 194. The van der Waals surface area contributed by atoms with Gasteiger partial charge in [0.15, 0.2) is 5.96 Å². The zero-order valence-corrected chi connectivity index (χ0v) is 8.04. The van der Waals surface area contributed by atoms with Crippen LogP contribution in [-0.4, -0.2) is 40.1 Å². The van der Waals surface area contributed by atoms with Crippen LogP contribution >= 0.6 is 0 Å². The van der Waals surface area contributed by atoms with Crippen molar-refractivity contribution in [2.75, 3.05) is 6.54 Å². The van der Waals surface area contributed by atoms with E-state index in [1.165, 1.54) is 0 Å². The van der Waals surface area contributed by atoms with Crippen molar-refractivity contribution >= 4 is 11.9 Å². The molecule has 9 heteroatoms. The summed E-state index contributed by atoms with van der Waals surface area (Å²) in [5, 5.41) is 23.9. The molecule has 0 aliphatic heterocycles. The van der Waals surface area contributed by atoms with Crippen LogP contribution in [0.3, 0.4) is 0 Å². The fourth-order valence-corrected chi connectivity index (χ4v) is 0.643. The van der Waals surface area contributed by atoms with Crippen molar-refractivity contribution in [3.05, 3.63) is 0 Å². The molecule has 0 saturated carbocycles. The lowest BCUT2D eigenvalue weighted by atomic mass is 10.2. The molecule has 0 unspecified atom stereocenters. The first-order chi connectivity index (χ1) is 6.95. The molecule has 0 saturated heterocycles. The van der Waals surface area contributed by atoms with Crippen LogP contribution < -0.4 is 17.2 Å². The molecule has 0 fully saturated rings. The average Bonchev–Trinajstić information content (AvgIpc) is 2.12. The highest BCUT2D eigenvalue weighted by Crippen LogP contribution is 1.94. The molecule has 90 valence electrons. The van der Waals surface area contributed by atoms with E-state index in [0.717, 1.165) is 0 Å². The number of nitrogens with zero attached hydrogens (tertiary/aromatic N) is 1. The summed E-state index contributed by atoms with van der Waals surface area (Å²) in [5.74, 6) is -0.987. The van der Waals surface area contributed by atoms with Gasteiger partial charge in [0.2, 0.25) is 0 Å². The number of carboxylic acids is 1. The average molecular weight is 224 g/mol. The second-order valence-electron chi connectivity index (χ2n) is 2.48. The summed E-state index contributed by atoms with van der Waals surface area (Å²) in [5.41, 5.74) is 15.3. The van der Waals surface area contributed by atoms with Gasteiger partial charge in [0, 0.05) is 6.54 Å². The minimum absolute atomic E-state index is 0.0129. The van der Waals surface area contributed by atoms with E-state index in [0.29, 0.717) is 19.4 Å². The molecular weight excluding hydrogens is 208 g/mol. The number of aliphatic imine (C=N–C) groups is 1. The van der Waals surface area contributed by atoms with E-state index < -0.39 is 12.0 Å². The van der Waals surface area contributed by atoms with Crippen molar-refractivity contribution in [3.8, 4) is 0 Å².